The largest absolute Gasteiger partial charge is 0.375 e. The third-order valence-electron chi connectivity index (χ3n) is 3.81. The van der Waals surface area contributed by atoms with E-state index in [0.29, 0.717) is 16.0 Å². The number of rotatable bonds is 4. The standard InChI is InChI=1S/C15H18ClN5OS.ClH/c16-11-3-4-13(18-6-11)20-14(22)10-2-1-5-21(8-10)9-12-7-19-15(17)23-12;/h3-4,6-7,10H,1-2,5,8-9H2,(H2,17,19)(H,18,20,22);1H. The topological polar surface area (TPSA) is 84.1 Å². The van der Waals surface area contributed by atoms with Gasteiger partial charge in [0.2, 0.25) is 5.91 Å². The molecule has 3 heterocycles. The molecule has 0 aliphatic carbocycles. The average molecular weight is 388 g/mol. The van der Waals surface area contributed by atoms with E-state index in [1.165, 1.54) is 17.5 Å². The van der Waals surface area contributed by atoms with E-state index < -0.39 is 0 Å². The Labute approximate surface area is 155 Å². The minimum Gasteiger partial charge on any atom is -0.375 e. The van der Waals surface area contributed by atoms with Crippen LogP contribution in [0.4, 0.5) is 10.9 Å². The van der Waals surface area contributed by atoms with Crippen LogP contribution in [-0.4, -0.2) is 33.9 Å². The summed E-state index contributed by atoms with van der Waals surface area (Å²) >= 11 is 7.30. The molecule has 3 N–H and O–H groups in total. The van der Waals surface area contributed by atoms with Crippen LogP contribution in [0.3, 0.4) is 0 Å². The number of amides is 1. The minimum absolute atomic E-state index is 0. The molecule has 24 heavy (non-hydrogen) atoms. The van der Waals surface area contributed by atoms with Crippen molar-refractivity contribution in [2.75, 3.05) is 24.1 Å². The van der Waals surface area contributed by atoms with Gasteiger partial charge in [-0.1, -0.05) is 11.6 Å². The number of nitrogen functional groups attached to an aromatic ring is 1. The number of anilines is 2. The molecule has 0 bridgehead atoms. The Morgan fingerprint density at radius 2 is 2.25 bits per heavy atom. The summed E-state index contributed by atoms with van der Waals surface area (Å²) in [4.78, 5) is 24.0. The van der Waals surface area contributed by atoms with E-state index in [-0.39, 0.29) is 24.2 Å². The van der Waals surface area contributed by atoms with Crippen molar-refractivity contribution in [2.24, 2.45) is 5.92 Å². The molecule has 1 fully saturated rings. The molecule has 3 rings (SSSR count). The number of halogens is 2. The second kappa shape index (κ2) is 8.62. The van der Waals surface area contributed by atoms with Crippen LogP contribution in [0, 0.1) is 5.92 Å². The van der Waals surface area contributed by atoms with E-state index in [9.17, 15) is 4.79 Å². The third kappa shape index (κ3) is 5.04. The summed E-state index contributed by atoms with van der Waals surface area (Å²) in [6, 6.07) is 3.42. The molecule has 0 radical (unpaired) electrons. The number of carbonyl (C=O) groups excluding carboxylic acids is 1. The fourth-order valence-electron chi connectivity index (χ4n) is 2.71. The Balaban J connectivity index is 0.00000208. The van der Waals surface area contributed by atoms with Crippen molar-refractivity contribution in [3.05, 3.63) is 34.4 Å². The maximum absolute atomic E-state index is 12.4. The van der Waals surface area contributed by atoms with Gasteiger partial charge in [-0.25, -0.2) is 9.97 Å². The van der Waals surface area contributed by atoms with Crippen molar-refractivity contribution in [2.45, 2.75) is 19.4 Å². The van der Waals surface area contributed by atoms with Crippen LogP contribution >= 0.6 is 35.3 Å². The number of nitrogens with one attached hydrogen (secondary N) is 1. The summed E-state index contributed by atoms with van der Waals surface area (Å²) in [6.07, 6.45) is 5.22. The number of likely N-dealkylation sites (tertiary alicyclic amines) is 1. The smallest absolute Gasteiger partial charge is 0.229 e. The zero-order valence-electron chi connectivity index (χ0n) is 12.9. The van der Waals surface area contributed by atoms with Gasteiger partial charge < -0.3 is 11.1 Å². The van der Waals surface area contributed by atoms with E-state index in [1.54, 1.807) is 18.3 Å². The van der Waals surface area contributed by atoms with Gasteiger partial charge in [0.1, 0.15) is 5.82 Å². The fourth-order valence-corrected chi connectivity index (χ4v) is 3.55. The summed E-state index contributed by atoms with van der Waals surface area (Å²) in [6.45, 7) is 2.51. The lowest BCUT2D eigenvalue weighted by atomic mass is 9.97. The molecular weight excluding hydrogens is 369 g/mol. The van der Waals surface area contributed by atoms with Crippen LogP contribution in [0.25, 0.3) is 0 Å². The first kappa shape index (κ1) is 18.9. The van der Waals surface area contributed by atoms with Gasteiger partial charge in [0.25, 0.3) is 0 Å². The SMILES string of the molecule is Cl.Nc1ncc(CN2CCCC(C(=O)Nc3ccc(Cl)cn3)C2)s1. The van der Waals surface area contributed by atoms with Crippen LogP contribution in [-0.2, 0) is 11.3 Å². The molecule has 1 atom stereocenters. The number of pyridine rings is 1. The third-order valence-corrected chi connectivity index (χ3v) is 4.84. The van der Waals surface area contributed by atoms with Crippen molar-refractivity contribution >= 4 is 52.2 Å². The highest BCUT2D eigenvalue weighted by atomic mass is 35.5. The van der Waals surface area contributed by atoms with Gasteiger partial charge in [0, 0.05) is 30.4 Å². The second-order valence-corrected chi connectivity index (χ2v) is 7.17. The fraction of sp³-hybridized carbons (Fsp3) is 0.400. The first-order chi connectivity index (χ1) is 11.1. The number of thiazole rings is 1. The summed E-state index contributed by atoms with van der Waals surface area (Å²) < 4.78 is 0. The van der Waals surface area contributed by atoms with Crippen LogP contribution in [0.1, 0.15) is 17.7 Å². The van der Waals surface area contributed by atoms with Gasteiger partial charge in [-0.15, -0.1) is 23.7 Å². The van der Waals surface area contributed by atoms with E-state index in [0.717, 1.165) is 37.4 Å². The first-order valence-electron chi connectivity index (χ1n) is 7.45. The van der Waals surface area contributed by atoms with E-state index in [1.807, 2.05) is 0 Å². The highest BCUT2D eigenvalue weighted by molar-refractivity contribution is 7.15. The highest BCUT2D eigenvalue weighted by Crippen LogP contribution is 2.23. The minimum atomic E-state index is -0.0357. The predicted octanol–water partition coefficient (Wildman–Crippen LogP) is 3.05. The Hall–Kier alpha value is -1.41. The average Bonchev–Trinajstić information content (AvgIpc) is 2.95. The molecule has 2 aromatic heterocycles. The zero-order chi connectivity index (χ0) is 16.2. The lowest BCUT2D eigenvalue weighted by Crippen LogP contribution is -2.40. The molecule has 9 heteroatoms. The molecule has 0 spiro atoms. The zero-order valence-corrected chi connectivity index (χ0v) is 15.3. The number of hydrogen-bond donors (Lipinski definition) is 2. The van der Waals surface area contributed by atoms with Crippen molar-refractivity contribution in [1.82, 2.24) is 14.9 Å². The summed E-state index contributed by atoms with van der Waals surface area (Å²) in [5.74, 6) is 0.506. The molecule has 0 aromatic carbocycles. The Kier molecular flexibility index (Phi) is 6.79. The van der Waals surface area contributed by atoms with Crippen LogP contribution in [0.5, 0.6) is 0 Å². The summed E-state index contributed by atoms with van der Waals surface area (Å²) in [5, 5.41) is 4.00. The molecule has 1 aliphatic heterocycles. The number of piperidine rings is 1. The second-order valence-electron chi connectivity index (χ2n) is 5.59. The monoisotopic (exact) mass is 387 g/mol. The van der Waals surface area contributed by atoms with E-state index >= 15 is 0 Å². The molecule has 130 valence electrons. The maximum atomic E-state index is 12.4. The molecule has 1 unspecified atom stereocenters. The molecule has 2 aromatic rings. The molecular formula is C15H19Cl2N5OS. The van der Waals surface area contributed by atoms with Crippen LogP contribution in [0.2, 0.25) is 5.02 Å². The highest BCUT2D eigenvalue weighted by Gasteiger charge is 2.26. The van der Waals surface area contributed by atoms with Crippen molar-refractivity contribution in [3.8, 4) is 0 Å². The number of nitrogens with zero attached hydrogens (tertiary/aromatic N) is 3. The lowest BCUT2D eigenvalue weighted by Gasteiger charge is -2.31. The lowest BCUT2D eigenvalue weighted by molar-refractivity contribution is -0.121. The Morgan fingerprint density at radius 1 is 1.42 bits per heavy atom. The summed E-state index contributed by atoms with van der Waals surface area (Å²) in [7, 11) is 0. The quantitative estimate of drug-likeness (QED) is 0.841. The van der Waals surface area contributed by atoms with Crippen molar-refractivity contribution < 1.29 is 4.79 Å². The predicted molar refractivity (Wildman–Crippen MR) is 99.7 cm³/mol. The maximum Gasteiger partial charge on any atom is 0.229 e. The van der Waals surface area contributed by atoms with Gasteiger partial charge >= 0.3 is 0 Å². The molecule has 1 saturated heterocycles. The molecule has 0 saturated carbocycles. The van der Waals surface area contributed by atoms with Gasteiger partial charge in [-0.2, -0.15) is 0 Å². The normalized spacial score (nSPS) is 18.0. The Bertz CT molecular complexity index is 679. The van der Waals surface area contributed by atoms with Crippen LogP contribution < -0.4 is 11.1 Å². The van der Waals surface area contributed by atoms with Gasteiger partial charge in [-0.05, 0) is 31.5 Å². The van der Waals surface area contributed by atoms with Crippen molar-refractivity contribution in [3.63, 3.8) is 0 Å². The van der Waals surface area contributed by atoms with Gasteiger partial charge in [0.05, 0.1) is 10.9 Å². The first-order valence-corrected chi connectivity index (χ1v) is 8.64. The Morgan fingerprint density at radius 3 is 2.92 bits per heavy atom. The summed E-state index contributed by atoms with van der Waals surface area (Å²) in [5.41, 5.74) is 5.66. The van der Waals surface area contributed by atoms with Crippen molar-refractivity contribution in [1.29, 1.82) is 0 Å². The molecule has 1 amide bonds. The molecule has 6 nitrogen and oxygen atoms in total. The number of hydrogen-bond acceptors (Lipinski definition) is 6. The number of carbonyl (C=O) groups is 1. The molecule has 1 aliphatic rings. The van der Waals surface area contributed by atoms with E-state index in [2.05, 4.69) is 20.2 Å². The van der Waals surface area contributed by atoms with Gasteiger partial charge in [0.15, 0.2) is 5.13 Å². The number of nitrogens with two attached hydrogens (primary N) is 1. The number of aromatic nitrogens is 2. The van der Waals surface area contributed by atoms with Crippen LogP contribution in [0.15, 0.2) is 24.5 Å². The van der Waals surface area contributed by atoms with Gasteiger partial charge in [-0.3, -0.25) is 9.69 Å². The van der Waals surface area contributed by atoms with E-state index in [4.69, 9.17) is 17.3 Å².